The van der Waals surface area contributed by atoms with Crippen molar-refractivity contribution in [2.45, 2.75) is 31.8 Å². The monoisotopic (exact) mass is 238 g/mol. The fraction of sp³-hybridized carbons (Fsp3) is 0.500. The Morgan fingerprint density at radius 1 is 0.889 bits per heavy atom. The van der Waals surface area contributed by atoms with Crippen LogP contribution in [0.2, 0.25) is 0 Å². The third-order valence-electron chi connectivity index (χ3n) is 5.89. The van der Waals surface area contributed by atoms with Crippen molar-refractivity contribution in [1.29, 1.82) is 0 Å². The van der Waals surface area contributed by atoms with E-state index in [1.54, 1.807) is 0 Å². The van der Waals surface area contributed by atoms with Crippen LogP contribution in [0.3, 0.4) is 0 Å². The maximum absolute atomic E-state index is 4.79. The molecule has 2 nitrogen and oxygen atoms in total. The summed E-state index contributed by atoms with van der Waals surface area (Å²) in [5.41, 5.74) is 1.20. The molecule has 1 heterocycles. The standard InChI is InChI=1S/C16H18N2/c1-14(2)15(3)12-9-10-13(12)16(14,18-17-15)11-7-5-4-6-8-11/h4-10,12-13H,1-3H3/t12-,13-,15-,16+/m1/s1. The number of benzene rings is 1. The minimum Gasteiger partial charge on any atom is -0.185 e. The summed E-state index contributed by atoms with van der Waals surface area (Å²) in [4.78, 5) is 0. The summed E-state index contributed by atoms with van der Waals surface area (Å²) in [5, 5.41) is 9.48. The summed E-state index contributed by atoms with van der Waals surface area (Å²) >= 11 is 0. The fourth-order valence-electron chi connectivity index (χ4n) is 4.36. The second kappa shape index (κ2) is 2.76. The van der Waals surface area contributed by atoms with E-state index in [1.807, 2.05) is 0 Å². The molecule has 3 aliphatic rings. The Bertz CT molecular complexity index is 572. The highest BCUT2D eigenvalue weighted by atomic mass is 15.3. The van der Waals surface area contributed by atoms with Gasteiger partial charge in [0, 0.05) is 17.3 Å². The van der Waals surface area contributed by atoms with Crippen LogP contribution >= 0.6 is 0 Å². The molecule has 2 bridgehead atoms. The van der Waals surface area contributed by atoms with Crippen molar-refractivity contribution in [3.05, 3.63) is 48.0 Å². The van der Waals surface area contributed by atoms with E-state index in [0.717, 1.165) is 0 Å². The van der Waals surface area contributed by atoms with Crippen LogP contribution in [0, 0.1) is 17.3 Å². The summed E-state index contributed by atoms with van der Waals surface area (Å²) in [7, 11) is 0. The molecule has 0 N–H and O–H groups in total. The molecule has 1 aromatic rings. The lowest BCUT2D eigenvalue weighted by molar-refractivity contribution is 0.171. The zero-order chi connectivity index (χ0) is 12.6. The summed E-state index contributed by atoms with van der Waals surface area (Å²) in [6.07, 6.45) is 4.66. The topological polar surface area (TPSA) is 24.7 Å². The van der Waals surface area contributed by atoms with Crippen LogP contribution in [-0.2, 0) is 5.54 Å². The average Bonchev–Trinajstić information content (AvgIpc) is 2.55. The molecular formula is C16H18N2. The van der Waals surface area contributed by atoms with Gasteiger partial charge in [0.05, 0.1) is 5.54 Å². The molecule has 1 saturated carbocycles. The van der Waals surface area contributed by atoms with Crippen molar-refractivity contribution in [1.82, 2.24) is 0 Å². The molecule has 2 heteroatoms. The lowest BCUT2D eigenvalue weighted by Crippen LogP contribution is -2.43. The molecular weight excluding hydrogens is 220 g/mol. The fourth-order valence-corrected chi connectivity index (χ4v) is 4.36. The van der Waals surface area contributed by atoms with Gasteiger partial charge in [0.25, 0.3) is 0 Å². The lowest BCUT2D eigenvalue weighted by atomic mass is 9.64. The number of hydrogen-bond donors (Lipinski definition) is 0. The van der Waals surface area contributed by atoms with E-state index < -0.39 is 0 Å². The van der Waals surface area contributed by atoms with Gasteiger partial charge in [-0.25, -0.2) is 0 Å². The van der Waals surface area contributed by atoms with Gasteiger partial charge in [-0.05, 0) is 12.5 Å². The van der Waals surface area contributed by atoms with Crippen molar-refractivity contribution in [2.75, 3.05) is 0 Å². The van der Waals surface area contributed by atoms with Crippen LogP contribution < -0.4 is 0 Å². The molecule has 0 saturated heterocycles. The number of fused-ring (bicyclic) bond motifs is 5. The van der Waals surface area contributed by atoms with Gasteiger partial charge >= 0.3 is 0 Å². The first kappa shape index (κ1) is 10.5. The Kier molecular flexibility index (Phi) is 1.61. The molecule has 0 radical (unpaired) electrons. The predicted octanol–water partition coefficient (Wildman–Crippen LogP) is 3.95. The summed E-state index contributed by atoms with van der Waals surface area (Å²) in [5.74, 6) is 1.09. The lowest BCUT2D eigenvalue weighted by Gasteiger charge is -2.40. The van der Waals surface area contributed by atoms with Crippen LogP contribution in [0.5, 0.6) is 0 Å². The maximum Gasteiger partial charge on any atom is 0.121 e. The first-order valence-electron chi connectivity index (χ1n) is 6.72. The minimum atomic E-state index is -0.150. The van der Waals surface area contributed by atoms with E-state index in [0.29, 0.717) is 11.8 Å². The van der Waals surface area contributed by atoms with Gasteiger partial charge < -0.3 is 0 Å². The van der Waals surface area contributed by atoms with E-state index >= 15 is 0 Å². The van der Waals surface area contributed by atoms with E-state index in [1.165, 1.54) is 5.56 Å². The van der Waals surface area contributed by atoms with Gasteiger partial charge in [-0.2, -0.15) is 10.2 Å². The molecule has 0 unspecified atom stereocenters. The predicted molar refractivity (Wildman–Crippen MR) is 71.3 cm³/mol. The van der Waals surface area contributed by atoms with Crippen molar-refractivity contribution in [3.8, 4) is 0 Å². The quantitative estimate of drug-likeness (QED) is 0.662. The Morgan fingerprint density at radius 3 is 2.11 bits per heavy atom. The molecule has 18 heavy (non-hydrogen) atoms. The molecule has 2 aliphatic carbocycles. The molecule has 0 amide bonds. The van der Waals surface area contributed by atoms with Gasteiger partial charge in [0.15, 0.2) is 0 Å². The third kappa shape index (κ3) is 0.781. The van der Waals surface area contributed by atoms with Gasteiger partial charge in [-0.15, -0.1) is 0 Å². The molecule has 0 spiro atoms. The second-order valence-corrected chi connectivity index (χ2v) is 6.54. The highest BCUT2D eigenvalue weighted by molar-refractivity contribution is 5.45. The van der Waals surface area contributed by atoms with E-state index in [9.17, 15) is 0 Å². The number of hydrogen-bond acceptors (Lipinski definition) is 2. The smallest absolute Gasteiger partial charge is 0.121 e. The van der Waals surface area contributed by atoms with E-state index in [4.69, 9.17) is 10.2 Å². The Balaban J connectivity index is 2.00. The Hall–Kier alpha value is -1.44. The molecule has 1 fully saturated rings. The van der Waals surface area contributed by atoms with Crippen molar-refractivity contribution in [2.24, 2.45) is 27.5 Å². The summed E-state index contributed by atoms with van der Waals surface area (Å²) in [6.45, 7) is 6.94. The number of azo groups is 1. The van der Waals surface area contributed by atoms with Crippen LogP contribution in [0.4, 0.5) is 0 Å². The highest BCUT2D eigenvalue weighted by Gasteiger charge is 2.76. The van der Waals surface area contributed by atoms with Gasteiger partial charge in [0.1, 0.15) is 5.54 Å². The third-order valence-corrected chi connectivity index (χ3v) is 5.89. The van der Waals surface area contributed by atoms with Gasteiger partial charge in [-0.3, -0.25) is 0 Å². The molecule has 1 aromatic carbocycles. The largest absolute Gasteiger partial charge is 0.185 e. The van der Waals surface area contributed by atoms with Crippen molar-refractivity contribution in [3.63, 3.8) is 0 Å². The van der Waals surface area contributed by atoms with Crippen LogP contribution in [0.1, 0.15) is 26.3 Å². The van der Waals surface area contributed by atoms with Gasteiger partial charge in [0.2, 0.25) is 0 Å². The summed E-state index contributed by atoms with van der Waals surface area (Å²) < 4.78 is 0. The van der Waals surface area contributed by atoms with Crippen LogP contribution in [0.25, 0.3) is 0 Å². The first-order valence-corrected chi connectivity index (χ1v) is 6.72. The average molecular weight is 238 g/mol. The normalized spacial score (nSPS) is 45.9. The van der Waals surface area contributed by atoms with Gasteiger partial charge in [-0.1, -0.05) is 56.3 Å². The number of rotatable bonds is 1. The molecule has 4 rings (SSSR count). The molecule has 4 atom stereocenters. The molecule has 92 valence electrons. The SMILES string of the molecule is CC1(C)[C@]2(C)N=N[C@@]1(c1ccccc1)[C@@H]1C=C[C@H]12. The Morgan fingerprint density at radius 2 is 1.56 bits per heavy atom. The highest BCUT2D eigenvalue weighted by Crippen LogP contribution is 2.73. The van der Waals surface area contributed by atoms with E-state index in [2.05, 4.69) is 63.3 Å². The second-order valence-electron chi connectivity index (χ2n) is 6.54. The number of nitrogens with zero attached hydrogens (tertiary/aromatic N) is 2. The Labute approximate surface area is 108 Å². The summed E-state index contributed by atoms with van der Waals surface area (Å²) in [6, 6.07) is 10.7. The van der Waals surface area contributed by atoms with Crippen molar-refractivity contribution < 1.29 is 0 Å². The minimum absolute atomic E-state index is 0.0394. The first-order chi connectivity index (χ1) is 8.54. The molecule has 0 aromatic heterocycles. The van der Waals surface area contributed by atoms with E-state index in [-0.39, 0.29) is 16.5 Å². The van der Waals surface area contributed by atoms with Crippen molar-refractivity contribution >= 4 is 0 Å². The van der Waals surface area contributed by atoms with Crippen LogP contribution in [-0.4, -0.2) is 5.54 Å². The maximum atomic E-state index is 4.79. The zero-order valence-corrected chi connectivity index (χ0v) is 11.1. The van der Waals surface area contributed by atoms with Crippen LogP contribution in [0.15, 0.2) is 52.7 Å². The zero-order valence-electron chi connectivity index (χ0n) is 11.1. The molecule has 1 aliphatic heterocycles.